The summed E-state index contributed by atoms with van der Waals surface area (Å²) in [5.74, 6) is -0.991. The highest BCUT2D eigenvalue weighted by Gasteiger charge is 1.97. The fourth-order valence-electron chi connectivity index (χ4n) is 0.819. The van der Waals surface area contributed by atoms with Crippen LogP contribution in [0.25, 0.3) is 6.08 Å². The summed E-state index contributed by atoms with van der Waals surface area (Å²) in [6, 6.07) is 4.85. The number of benzene rings is 1. The average Bonchev–Trinajstić information content (AvgIpc) is 2.02. The Hall–Kier alpha value is -1.29. The first-order valence-corrected chi connectivity index (χ1v) is 4.28. The Morgan fingerprint density at radius 2 is 2.15 bits per heavy atom. The number of phenols is 1. The average molecular weight is 243 g/mol. The molecule has 0 saturated carbocycles. The third-order valence-corrected chi connectivity index (χ3v) is 1.89. The smallest absolute Gasteiger partial charge is 0.328 e. The first-order valence-electron chi connectivity index (χ1n) is 3.49. The molecule has 13 heavy (non-hydrogen) atoms. The number of carboxylic acid groups (broad SMARTS) is 1. The van der Waals surface area contributed by atoms with E-state index in [1.807, 2.05) is 0 Å². The van der Waals surface area contributed by atoms with E-state index in [2.05, 4.69) is 15.9 Å². The summed E-state index contributed by atoms with van der Waals surface area (Å²) >= 11 is 3.18. The van der Waals surface area contributed by atoms with Crippen LogP contribution in [0.3, 0.4) is 0 Å². The molecule has 0 unspecified atom stereocenters. The second kappa shape index (κ2) is 4.09. The van der Waals surface area contributed by atoms with Crippen LogP contribution in [0.1, 0.15) is 5.56 Å². The number of rotatable bonds is 2. The highest BCUT2D eigenvalue weighted by Crippen LogP contribution is 2.23. The maximum absolute atomic E-state index is 10.2. The van der Waals surface area contributed by atoms with E-state index in [9.17, 15) is 9.90 Å². The summed E-state index contributed by atoms with van der Waals surface area (Å²) in [5, 5.41) is 17.7. The Bertz CT molecular complexity index is 358. The molecule has 0 aliphatic heterocycles. The Morgan fingerprint density at radius 3 is 2.69 bits per heavy atom. The van der Waals surface area contributed by atoms with E-state index in [-0.39, 0.29) is 5.75 Å². The van der Waals surface area contributed by atoms with Crippen LogP contribution in [-0.4, -0.2) is 16.2 Å². The van der Waals surface area contributed by atoms with Gasteiger partial charge in [0.25, 0.3) is 0 Å². The molecular weight excluding hydrogens is 236 g/mol. The SMILES string of the molecule is O=C(O)C=Cc1ccc(Br)cc1O. The minimum absolute atomic E-state index is 0.0480. The lowest BCUT2D eigenvalue weighted by Gasteiger charge is -1.98. The number of phenolic OH excluding ortho intramolecular Hbond substituents is 1. The highest BCUT2D eigenvalue weighted by atomic mass is 79.9. The fourth-order valence-corrected chi connectivity index (χ4v) is 1.17. The predicted molar refractivity (Wildman–Crippen MR) is 52.5 cm³/mol. The van der Waals surface area contributed by atoms with Crippen molar-refractivity contribution in [2.45, 2.75) is 0 Å². The Morgan fingerprint density at radius 1 is 1.46 bits per heavy atom. The maximum Gasteiger partial charge on any atom is 0.328 e. The molecule has 0 saturated heterocycles. The highest BCUT2D eigenvalue weighted by molar-refractivity contribution is 9.10. The third-order valence-electron chi connectivity index (χ3n) is 1.40. The molecule has 0 heterocycles. The van der Waals surface area contributed by atoms with E-state index in [1.165, 1.54) is 12.1 Å². The van der Waals surface area contributed by atoms with E-state index in [4.69, 9.17) is 5.11 Å². The van der Waals surface area contributed by atoms with Gasteiger partial charge >= 0.3 is 5.97 Å². The van der Waals surface area contributed by atoms with Gasteiger partial charge in [-0.25, -0.2) is 4.79 Å². The van der Waals surface area contributed by atoms with Gasteiger partial charge in [0.1, 0.15) is 5.75 Å². The van der Waals surface area contributed by atoms with Crippen molar-refractivity contribution in [2.75, 3.05) is 0 Å². The molecular formula is C9H7BrO3. The number of hydrogen-bond acceptors (Lipinski definition) is 2. The summed E-state index contributed by atoms with van der Waals surface area (Å²) in [5.41, 5.74) is 0.477. The third kappa shape index (κ3) is 2.91. The topological polar surface area (TPSA) is 57.5 Å². The molecule has 0 atom stereocenters. The summed E-state index contributed by atoms with van der Waals surface area (Å²) < 4.78 is 0.748. The molecule has 0 aliphatic rings. The van der Waals surface area contributed by atoms with Crippen molar-refractivity contribution in [3.63, 3.8) is 0 Å². The predicted octanol–water partition coefficient (Wildman–Crippen LogP) is 2.25. The number of halogens is 1. The van der Waals surface area contributed by atoms with Crippen LogP contribution in [-0.2, 0) is 4.79 Å². The number of aromatic hydroxyl groups is 1. The molecule has 1 rings (SSSR count). The molecule has 0 aliphatic carbocycles. The van der Waals surface area contributed by atoms with Gasteiger partial charge in [0.05, 0.1) is 0 Å². The van der Waals surface area contributed by atoms with E-state index in [0.29, 0.717) is 5.56 Å². The van der Waals surface area contributed by atoms with Crippen molar-refractivity contribution in [2.24, 2.45) is 0 Å². The zero-order valence-electron chi connectivity index (χ0n) is 6.57. The lowest BCUT2D eigenvalue weighted by Crippen LogP contribution is -1.85. The molecule has 1 aromatic carbocycles. The van der Waals surface area contributed by atoms with Crippen molar-refractivity contribution in [1.82, 2.24) is 0 Å². The minimum Gasteiger partial charge on any atom is -0.507 e. The van der Waals surface area contributed by atoms with Gasteiger partial charge < -0.3 is 10.2 Å². The van der Waals surface area contributed by atoms with Crippen LogP contribution in [0.2, 0.25) is 0 Å². The monoisotopic (exact) mass is 242 g/mol. The normalized spacial score (nSPS) is 10.5. The number of hydrogen-bond donors (Lipinski definition) is 2. The van der Waals surface area contributed by atoms with Gasteiger partial charge in [-0.05, 0) is 18.2 Å². The van der Waals surface area contributed by atoms with Gasteiger partial charge in [-0.3, -0.25) is 0 Å². The summed E-state index contributed by atoms with van der Waals surface area (Å²) in [6.07, 6.45) is 2.31. The van der Waals surface area contributed by atoms with E-state index >= 15 is 0 Å². The van der Waals surface area contributed by atoms with Crippen molar-refractivity contribution in [1.29, 1.82) is 0 Å². The molecule has 1 aromatic rings. The van der Waals surface area contributed by atoms with E-state index in [0.717, 1.165) is 10.5 Å². The zero-order valence-corrected chi connectivity index (χ0v) is 8.15. The van der Waals surface area contributed by atoms with Gasteiger partial charge in [-0.15, -0.1) is 0 Å². The van der Waals surface area contributed by atoms with Crippen LogP contribution in [0, 0.1) is 0 Å². The molecule has 0 bridgehead atoms. The second-order valence-electron chi connectivity index (χ2n) is 2.37. The van der Waals surface area contributed by atoms with Gasteiger partial charge in [0.2, 0.25) is 0 Å². The van der Waals surface area contributed by atoms with Gasteiger partial charge in [-0.1, -0.05) is 22.0 Å². The van der Waals surface area contributed by atoms with E-state index < -0.39 is 5.97 Å². The van der Waals surface area contributed by atoms with Crippen LogP contribution >= 0.6 is 15.9 Å². The molecule has 4 heteroatoms. The molecule has 3 nitrogen and oxygen atoms in total. The molecule has 0 radical (unpaired) electrons. The Balaban J connectivity index is 2.96. The van der Waals surface area contributed by atoms with Crippen LogP contribution < -0.4 is 0 Å². The van der Waals surface area contributed by atoms with Crippen LogP contribution in [0.4, 0.5) is 0 Å². The molecule has 0 amide bonds. The maximum atomic E-state index is 10.2. The molecule has 0 spiro atoms. The minimum atomic E-state index is -1.04. The summed E-state index contributed by atoms with van der Waals surface area (Å²) in [4.78, 5) is 10.2. The Labute approximate surface area is 83.5 Å². The Kier molecular flexibility index (Phi) is 3.08. The zero-order chi connectivity index (χ0) is 9.84. The molecule has 0 aromatic heterocycles. The van der Waals surface area contributed by atoms with Crippen molar-refractivity contribution in [3.05, 3.63) is 34.3 Å². The quantitative estimate of drug-likeness (QED) is 0.783. The van der Waals surface area contributed by atoms with Crippen molar-refractivity contribution < 1.29 is 15.0 Å². The molecule has 0 fully saturated rings. The molecule has 68 valence electrons. The first kappa shape index (κ1) is 9.80. The van der Waals surface area contributed by atoms with Crippen LogP contribution in [0.15, 0.2) is 28.7 Å². The number of carboxylic acids is 1. The lowest BCUT2D eigenvalue weighted by molar-refractivity contribution is -0.131. The summed E-state index contributed by atoms with van der Waals surface area (Å²) in [6.45, 7) is 0. The van der Waals surface area contributed by atoms with E-state index in [1.54, 1.807) is 12.1 Å². The summed E-state index contributed by atoms with van der Waals surface area (Å²) in [7, 11) is 0. The molecule has 2 N–H and O–H groups in total. The van der Waals surface area contributed by atoms with Crippen molar-refractivity contribution >= 4 is 28.0 Å². The number of carbonyl (C=O) groups is 1. The van der Waals surface area contributed by atoms with Gasteiger partial charge in [0, 0.05) is 16.1 Å². The number of aliphatic carboxylic acids is 1. The van der Waals surface area contributed by atoms with Gasteiger partial charge in [-0.2, -0.15) is 0 Å². The second-order valence-corrected chi connectivity index (χ2v) is 3.29. The first-order chi connectivity index (χ1) is 6.09. The van der Waals surface area contributed by atoms with Crippen molar-refractivity contribution in [3.8, 4) is 5.75 Å². The van der Waals surface area contributed by atoms with Crippen LogP contribution in [0.5, 0.6) is 5.75 Å². The lowest BCUT2D eigenvalue weighted by atomic mass is 10.2. The fraction of sp³-hybridized carbons (Fsp3) is 0. The standard InChI is InChI=1S/C9H7BrO3/c10-7-3-1-6(8(11)5-7)2-4-9(12)13/h1-5,11H,(H,12,13). The van der Waals surface area contributed by atoms with Gasteiger partial charge in [0.15, 0.2) is 0 Å². The largest absolute Gasteiger partial charge is 0.507 e.